The summed E-state index contributed by atoms with van der Waals surface area (Å²) in [6.07, 6.45) is 4.66. The third-order valence-electron chi connectivity index (χ3n) is 5.32. The second-order valence-electron chi connectivity index (χ2n) is 7.06. The first-order valence-electron chi connectivity index (χ1n) is 9.47. The monoisotopic (exact) mass is 502 g/mol. The van der Waals surface area contributed by atoms with Crippen molar-refractivity contribution in [1.82, 2.24) is 14.5 Å². The van der Waals surface area contributed by atoms with Gasteiger partial charge in [-0.2, -0.15) is 0 Å². The third kappa shape index (κ3) is 6.20. The summed E-state index contributed by atoms with van der Waals surface area (Å²) in [4.78, 5) is 6.64. The van der Waals surface area contributed by atoms with E-state index in [-0.39, 0.29) is 35.1 Å². The van der Waals surface area contributed by atoms with Gasteiger partial charge in [0.05, 0.1) is 12.4 Å². The topological polar surface area (TPSA) is 74.2 Å². The van der Waals surface area contributed by atoms with E-state index in [0.717, 1.165) is 45.1 Å². The Kier molecular flexibility index (Phi) is 10.1. The van der Waals surface area contributed by atoms with Crippen LogP contribution in [0.15, 0.2) is 4.99 Å². The Labute approximate surface area is 176 Å². The van der Waals surface area contributed by atoms with E-state index in [1.807, 2.05) is 13.8 Å². The van der Waals surface area contributed by atoms with E-state index in [9.17, 15) is 8.42 Å². The number of guanidine groups is 1. The maximum Gasteiger partial charge on any atom is 0.215 e. The van der Waals surface area contributed by atoms with Crippen LogP contribution in [0.25, 0.3) is 0 Å². The average molecular weight is 502 g/mol. The van der Waals surface area contributed by atoms with E-state index >= 15 is 0 Å². The number of hydrogen-bond donors (Lipinski definition) is 1. The van der Waals surface area contributed by atoms with Gasteiger partial charge in [-0.05, 0) is 25.7 Å². The molecule has 1 N–H and O–H groups in total. The molecule has 1 atom stereocenters. The summed E-state index contributed by atoms with van der Waals surface area (Å²) in [6, 6.07) is 0. The van der Waals surface area contributed by atoms with Gasteiger partial charge in [0.1, 0.15) is 0 Å². The van der Waals surface area contributed by atoms with E-state index in [1.54, 1.807) is 7.05 Å². The van der Waals surface area contributed by atoms with Gasteiger partial charge in [0.25, 0.3) is 0 Å². The molecular formula is C17H35IN4O3S. The van der Waals surface area contributed by atoms with Gasteiger partial charge in [-0.1, -0.05) is 13.8 Å². The van der Waals surface area contributed by atoms with E-state index < -0.39 is 10.0 Å². The van der Waals surface area contributed by atoms with Crippen LogP contribution in [0, 0.1) is 5.41 Å². The second kappa shape index (κ2) is 11.0. The summed E-state index contributed by atoms with van der Waals surface area (Å²) < 4.78 is 31.8. The summed E-state index contributed by atoms with van der Waals surface area (Å²) in [5.74, 6) is 0.898. The Balaban J connectivity index is 0.00000338. The zero-order chi connectivity index (χ0) is 18.3. The maximum absolute atomic E-state index is 12.3. The molecule has 0 aromatic carbocycles. The van der Waals surface area contributed by atoms with Gasteiger partial charge < -0.3 is 15.0 Å². The quantitative estimate of drug-likeness (QED) is 0.341. The Morgan fingerprint density at radius 1 is 1.27 bits per heavy atom. The Morgan fingerprint density at radius 3 is 2.54 bits per heavy atom. The minimum atomic E-state index is -3.21. The van der Waals surface area contributed by atoms with Gasteiger partial charge >= 0.3 is 0 Å². The molecule has 2 rings (SSSR count). The highest BCUT2D eigenvalue weighted by Gasteiger charge is 2.38. The van der Waals surface area contributed by atoms with Crippen LogP contribution in [0.4, 0.5) is 0 Å². The fraction of sp³-hybridized carbons (Fsp3) is 0.941. The standard InChI is InChI=1S/C17H34N4O3S.HI/c1-4-21(5-2)25(22,23)13-10-19-16(18-3)20-11-6-8-17(14-20)9-7-12-24-15-17;/h4-15H2,1-3H3,(H,18,19);1H. The molecule has 0 bridgehead atoms. The highest BCUT2D eigenvalue weighted by Crippen LogP contribution is 2.37. The van der Waals surface area contributed by atoms with Crippen LogP contribution in [-0.4, -0.2) is 82.3 Å². The molecule has 2 heterocycles. The molecule has 0 saturated carbocycles. The van der Waals surface area contributed by atoms with Gasteiger partial charge in [0, 0.05) is 51.8 Å². The lowest BCUT2D eigenvalue weighted by Gasteiger charge is -2.45. The summed E-state index contributed by atoms with van der Waals surface area (Å²) in [5.41, 5.74) is 0.238. The summed E-state index contributed by atoms with van der Waals surface area (Å²) in [7, 11) is -1.44. The Bertz CT molecular complexity index is 541. The van der Waals surface area contributed by atoms with Crippen LogP contribution < -0.4 is 5.32 Å². The number of hydrogen-bond acceptors (Lipinski definition) is 4. The molecule has 154 valence electrons. The third-order valence-corrected chi connectivity index (χ3v) is 7.34. The number of ether oxygens (including phenoxy) is 1. The van der Waals surface area contributed by atoms with Gasteiger partial charge in [-0.3, -0.25) is 4.99 Å². The fourth-order valence-corrected chi connectivity index (χ4v) is 5.40. The molecule has 2 aliphatic rings. The van der Waals surface area contributed by atoms with Crippen molar-refractivity contribution < 1.29 is 13.2 Å². The molecule has 2 saturated heterocycles. The first kappa shape index (κ1) is 23.9. The lowest BCUT2D eigenvalue weighted by Crippen LogP contribution is -2.53. The number of sulfonamides is 1. The van der Waals surface area contributed by atoms with Crippen molar-refractivity contribution in [3.05, 3.63) is 0 Å². The van der Waals surface area contributed by atoms with Crippen molar-refractivity contribution in [3.8, 4) is 0 Å². The number of halogens is 1. The van der Waals surface area contributed by atoms with E-state index in [4.69, 9.17) is 4.74 Å². The Morgan fingerprint density at radius 2 is 1.96 bits per heavy atom. The van der Waals surface area contributed by atoms with Gasteiger partial charge in [0.15, 0.2) is 5.96 Å². The molecule has 26 heavy (non-hydrogen) atoms. The number of nitrogens with one attached hydrogen (secondary N) is 1. The average Bonchev–Trinajstić information content (AvgIpc) is 2.60. The molecule has 0 radical (unpaired) electrons. The van der Waals surface area contributed by atoms with Gasteiger partial charge in [-0.25, -0.2) is 12.7 Å². The van der Waals surface area contributed by atoms with E-state index in [0.29, 0.717) is 19.6 Å². The zero-order valence-electron chi connectivity index (χ0n) is 16.4. The smallest absolute Gasteiger partial charge is 0.215 e. The van der Waals surface area contributed by atoms with Crippen LogP contribution in [0.5, 0.6) is 0 Å². The van der Waals surface area contributed by atoms with E-state index in [1.165, 1.54) is 17.1 Å². The molecule has 0 aliphatic carbocycles. The van der Waals surface area contributed by atoms with Crippen LogP contribution >= 0.6 is 24.0 Å². The Hall–Kier alpha value is -0.130. The molecule has 9 heteroatoms. The highest BCUT2D eigenvalue weighted by molar-refractivity contribution is 14.0. The SMILES string of the molecule is CCN(CC)S(=O)(=O)CCNC(=NC)N1CCCC2(CCCOC2)C1.I. The first-order valence-corrected chi connectivity index (χ1v) is 11.1. The zero-order valence-corrected chi connectivity index (χ0v) is 19.5. The normalized spacial score (nSPS) is 24.6. The molecule has 0 aromatic rings. The van der Waals surface area contributed by atoms with Crippen molar-refractivity contribution in [2.45, 2.75) is 39.5 Å². The summed E-state index contributed by atoms with van der Waals surface area (Å²) in [6.45, 7) is 8.75. The van der Waals surface area contributed by atoms with Crippen molar-refractivity contribution >= 4 is 40.0 Å². The molecule has 2 fully saturated rings. The molecule has 0 amide bonds. The number of likely N-dealkylation sites (tertiary alicyclic amines) is 1. The minimum Gasteiger partial charge on any atom is -0.381 e. The lowest BCUT2D eigenvalue weighted by atomic mass is 9.76. The molecular weight excluding hydrogens is 467 g/mol. The maximum atomic E-state index is 12.3. The lowest BCUT2D eigenvalue weighted by molar-refractivity contribution is -0.0370. The minimum absolute atomic E-state index is 0. The second-order valence-corrected chi connectivity index (χ2v) is 9.14. The predicted molar refractivity (Wildman–Crippen MR) is 117 cm³/mol. The van der Waals surface area contributed by atoms with Gasteiger partial charge in [-0.15, -0.1) is 24.0 Å². The highest BCUT2D eigenvalue weighted by atomic mass is 127. The van der Waals surface area contributed by atoms with Crippen molar-refractivity contribution in [2.75, 3.05) is 58.7 Å². The van der Waals surface area contributed by atoms with Crippen LogP contribution in [0.1, 0.15) is 39.5 Å². The van der Waals surface area contributed by atoms with Crippen molar-refractivity contribution in [3.63, 3.8) is 0 Å². The molecule has 0 aromatic heterocycles. The van der Waals surface area contributed by atoms with Crippen LogP contribution in [0.3, 0.4) is 0 Å². The largest absolute Gasteiger partial charge is 0.381 e. The number of nitrogens with zero attached hydrogens (tertiary/aromatic N) is 3. The van der Waals surface area contributed by atoms with E-state index in [2.05, 4.69) is 15.2 Å². The number of rotatable bonds is 6. The van der Waals surface area contributed by atoms with Crippen LogP contribution in [-0.2, 0) is 14.8 Å². The fourth-order valence-electron chi connectivity index (χ4n) is 3.99. The predicted octanol–water partition coefficient (Wildman–Crippen LogP) is 1.74. The summed E-state index contributed by atoms with van der Waals surface area (Å²) >= 11 is 0. The van der Waals surface area contributed by atoms with Crippen molar-refractivity contribution in [1.29, 1.82) is 0 Å². The molecule has 2 aliphatic heterocycles. The number of piperidine rings is 1. The van der Waals surface area contributed by atoms with Crippen molar-refractivity contribution in [2.24, 2.45) is 10.4 Å². The van der Waals surface area contributed by atoms with Gasteiger partial charge in [0.2, 0.25) is 10.0 Å². The van der Waals surface area contributed by atoms with Crippen LogP contribution in [0.2, 0.25) is 0 Å². The molecule has 7 nitrogen and oxygen atoms in total. The molecule has 1 unspecified atom stereocenters. The summed E-state index contributed by atoms with van der Waals surface area (Å²) in [5, 5.41) is 3.25. The first-order chi connectivity index (χ1) is 12.0. The molecule has 1 spiro atoms. The number of aliphatic imine (C=N–C) groups is 1.